The first kappa shape index (κ1) is 11.7. The van der Waals surface area contributed by atoms with Crippen molar-refractivity contribution in [2.45, 2.75) is 41.5 Å². The van der Waals surface area contributed by atoms with Crippen molar-refractivity contribution in [1.82, 2.24) is 0 Å². The van der Waals surface area contributed by atoms with E-state index in [1.165, 1.54) is 5.57 Å². The van der Waals surface area contributed by atoms with Crippen molar-refractivity contribution < 1.29 is 0 Å². The Balaban J connectivity index is 4.40. The number of hydrogen-bond acceptors (Lipinski definition) is 0. The lowest BCUT2D eigenvalue weighted by Gasteiger charge is -2.31. The highest BCUT2D eigenvalue weighted by atomic mass is 14.3. The predicted molar refractivity (Wildman–Crippen MR) is 57.1 cm³/mol. The summed E-state index contributed by atoms with van der Waals surface area (Å²) < 4.78 is 0. The normalized spacial score (nSPS) is 14.4. The fraction of sp³-hybridized carbons (Fsp3) is 0.833. The van der Waals surface area contributed by atoms with E-state index in [4.69, 9.17) is 0 Å². The van der Waals surface area contributed by atoms with E-state index in [0.29, 0.717) is 5.92 Å². The van der Waals surface area contributed by atoms with Crippen molar-refractivity contribution >= 4 is 0 Å². The topological polar surface area (TPSA) is 0 Å². The molecule has 0 bridgehead atoms. The first-order valence-electron chi connectivity index (χ1n) is 5.03. The molecular weight excluding hydrogens is 144 g/mol. The van der Waals surface area contributed by atoms with Gasteiger partial charge in [-0.3, -0.25) is 0 Å². The maximum Gasteiger partial charge on any atom is -0.0204 e. The Morgan fingerprint density at radius 3 is 1.33 bits per heavy atom. The standard InChI is InChI=1S/C12H24/c1-8(2)11(7)12(9(3)4)10(5)6/h9-12H,1H2,2-7H3. The van der Waals surface area contributed by atoms with Gasteiger partial charge >= 0.3 is 0 Å². The number of allylic oxidation sites excluding steroid dienone is 1. The van der Waals surface area contributed by atoms with Crippen molar-refractivity contribution in [3.63, 3.8) is 0 Å². The average Bonchev–Trinajstić information content (AvgIpc) is 1.85. The highest BCUT2D eigenvalue weighted by Gasteiger charge is 2.23. The highest BCUT2D eigenvalue weighted by Crippen LogP contribution is 2.31. The summed E-state index contributed by atoms with van der Waals surface area (Å²) in [6, 6.07) is 0. The van der Waals surface area contributed by atoms with Crippen molar-refractivity contribution in [1.29, 1.82) is 0 Å². The third kappa shape index (κ3) is 3.00. The molecule has 0 N–H and O–H groups in total. The second-order valence-corrected chi connectivity index (χ2v) is 4.70. The van der Waals surface area contributed by atoms with E-state index < -0.39 is 0 Å². The second kappa shape index (κ2) is 4.69. The summed E-state index contributed by atoms with van der Waals surface area (Å²) >= 11 is 0. The molecule has 0 aromatic carbocycles. The number of hydrogen-bond donors (Lipinski definition) is 0. The average molecular weight is 168 g/mol. The van der Waals surface area contributed by atoms with Gasteiger partial charge in [-0.1, -0.05) is 46.8 Å². The largest absolute Gasteiger partial charge is 0.0999 e. The van der Waals surface area contributed by atoms with Crippen LogP contribution >= 0.6 is 0 Å². The molecule has 0 aliphatic carbocycles. The van der Waals surface area contributed by atoms with Gasteiger partial charge in [-0.05, 0) is 30.6 Å². The van der Waals surface area contributed by atoms with Gasteiger partial charge in [0, 0.05) is 0 Å². The summed E-state index contributed by atoms with van der Waals surface area (Å²) in [5.41, 5.74) is 1.32. The van der Waals surface area contributed by atoms with Crippen LogP contribution in [0.4, 0.5) is 0 Å². The fourth-order valence-corrected chi connectivity index (χ4v) is 2.25. The minimum absolute atomic E-state index is 0.657. The molecule has 0 aromatic heterocycles. The van der Waals surface area contributed by atoms with Gasteiger partial charge in [0.25, 0.3) is 0 Å². The van der Waals surface area contributed by atoms with Gasteiger partial charge in [0.05, 0.1) is 0 Å². The van der Waals surface area contributed by atoms with Crippen molar-refractivity contribution in [3.8, 4) is 0 Å². The lowest BCUT2D eigenvalue weighted by Crippen LogP contribution is -2.23. The van der Waals surface area contributed by atoms with Crippen LogP contribution in [0, 0.1) is 23.7 Å². The van der Waals surface area contributed by atoms with Crippen LogP contribution in [0.25, 0.3) is 0 Å². The van der Waals surface area contributed by atoms with Crippen LogP contribution in [-0.4, -0.2) is 0 Å². The molecule has 1 atom stereocenters. The third-order valence-corrected chi connectivity index (χ3v) is 2.89. The van der Waals surface area contributed by atoms with E-state index in [1.807, 2.05) is 0 Å². The van der Waals surface area contributed by atoms with Gasteiger partial charge in [-0.15, -0.1) is 0 Å². The van der Waals surface area contributed by atoms with Crippen molar-refractivity contribution in [2.75, 3.05) is 0 Å². The Bertz CT molecular complexity index is 134. The zero-order valence-corrected chi connectivity index (χ0v) is 9.52. The van der Waals surface area contributed by atoms with Crippen LogP contribution in [0.5, 0.6) is 0 Å². The fourth-order valence-electron chi connectivity index (χ4n) is 2.25. The van der Waals surface area contributed by atoms with Gasteiger partial charge in [0.15, 0.2) is 0 Å². The van der Waals surface area contributed by atoms with Gasteiger partial charge in [0.1, 0.15) is 0 Å². The molecule has 0 aromatic rings. The summed E-state index contributed by atoms with van der Waals surface area (Å²) in [5.74, 6) is 2.96. The Morgan fingerprint density at radius 2 is 1.25 bits per heavy atom. The smallest absolute Gasteiger partial charge is 0.0204 e. The molecule has 1 unspecified atom stereocenters. The summed E-state index contributed by atoms with van der Waals surface area (Å²) in [4.78, 5) is 0. The molecule has 0 fully saturated rings. The quantitative estimate of drug-likeness (QED) is 0.554. The monoisotopic (exact) mass is 168 g/mol. The molecule has 0 amide bonds. The summed E-state index contributed by atoms with van der Waals surface area (Å²) in [5, 5.41) is 0. The molecular formula is C12H24. The lowest BCUT2D eigenvalue weighted by molar-refractivity contribution is 0.223. The van der Waals surface area contributed by atoms with Gasteiger partial charge in [-0.25, -0.2) is 0 Å². The molecule has 0 spiro atoms. The predicted octanol–water partition coefficient (Wildman–Crippen LogP) is 4.13. The van der Waals surface area contributed by atoms with E-state index in [2.05, 4.69) is 48.1 Å². The van der Waals surface area contributed by atoms with Gasteiger partial charge in [0.2, 0.25) is 0 Å². The van der Waals surface area contributed by atoms with Crippen LogP contribution in [0.2, 0.25) is 0 Å². The molecule has 0 saturated carbocycles. The summed E-state index contributed by atoms with van der Waals surface area (Å²) in [6.07, 6.45) is 0. The molecule has 0 aliphatic heterocycles. The van der Waals surface area contributed by atoms with Crippen LogP contribution in [-0.2, 0) is 0 Å². The second-order valence-electron chi connectivity index (χ2n) is 4.70. The van der Waals surface area contributed by atoms with Gasteiger partial charge < -0.3 is 0 Å². The molecule has 0 aliphatic rings. The molecule has 0 radical (unpaired) electrons. The van der Waals surface area contributed by atoms with Crippen LogP contribution in [0.1, 0.15) is 41.5 Å². The van der Waals surface area contributed by atoms with Crippen LogP contribution in [0.3, 0.4) is 0 Å². The first-order valence-corrected chi connectivity index (χ1v) is 5.03. The molecule has 0 rings (SSSR count). The van der Waals surface area contributed by atoms with E-state index in [0.717, 1.165) is 17.8 Å². The summed E-state index contributed by atoms with van der Waals surface area (Å²) in [7, 11) is 0. The number of rotatable bonds is 4. The third-order valence-electron chi connectivity index (χ3n) is 2.89. The molecule has 0 heteroatoms. The minimum Gasteiger partial charge on any atom is -0.0999 e. The molecule has 0 nitrogen and oxygen atoms in total. The zero-order chi connectivity index (χ0) is 9.89. The highest BCUT2D eigenvalue weighted by molar-refractivity contribution is 4.98. The Hall–Kier alpha value is -0.260. The Kier molecular flexibility index (Phi) is 4.59. The van der Waals surface area contributed by atoms with E-state index in [1.54, 1.807) is 0 Å². The lowest BCUT2D eigenvalue weighted by atomic mass is 9.74. The Labute approximate surface area is 78.1 Å². The molecule has 0 heterocycles. The Morgan fingerprint density at radius 1 is 0.917 bits per heavy atom. The first-order chi connectivity index (χ1) is 5.37. The molecule has 72 valence electrons. The summed E-state index contributed by atoms with van der Waals surface area (Å²) in [6.45, 7) is 17.7. The maximum atomic E-state index is 4.04. The van der Waals surface area contributed by atoms with Crippen molar-refractivity contribution in [3.05, 3.63) is 12.2 Å². The van der Waals surface area contributed by atoms with Crippen LogP contribution < -0.4 is 0 Å². The maximum absolute atomic E-state index is 4.04. The van der Waals surface area contributed by atoms with E-state index in [9.17, 15) is 0 Å². The SMILES string of the molecule is C=C(C)C(C)C(C(C)C)C(C)C. The van der Waals surface area contributed by atoms with Crippen molar-refractivity contribution in [2.24, 2.45) is 23.7 Å². The van der Waals surface area contributed by atoms with E-state index >= 15 is 0 Å². The van der Waals surface area contributed by atoms with Crippen LogP contribution in [0.15, 0.2) is 12.2 Å². The molecule has 0 saturated heterocycles. The van der Waals surface area contributed by atoms with Gasteiger partial charge in [-0.2, -0.15) is 0 Å². The minimum atomic E-state index is 0.657. The molecule has 12 heavy (non-hydrogen) atoms. The van der Waals surface area contributed by atoms with E-state index in [-0.39, 0.29) is 0 Å². The zero-order valence-electron chi connectivity index (χ0n) is 9.52.